The fraction of sp³-hybridized carbons (Fsp3) is 0.400. The molecule has 0 bridgehead atoms. The minimum atomic E-state index is 0.110. The van der Waals surface area contributed by atoms with E-state index in [1.165, 1.54) is 0 Å². The second-order valence-electron chi connectivity index (χ2n) is 6.87. The number of piperidine rings is 1. The minimum absolute atomic E-state index is 0.110. The summed E-state index contributed by atoms with van der Waals surface area (Å²) in [6.45, 7) is 3.31. The number of hydrogen-bond acceptors (Lipinski definition) is 4. The van der Waals surface area contributed by atoms with Gasteiger partial charge in [-0.3, -0.25) is 9.69 Å². The Morgan fingerprint density at radius 1 is 1.23 bits per heavy atom. The summed E-state index contributed by atoms with van der Waals surface area (Å²) in [5, 5.41) is 3.07. The van der Waals surface area contributed by atoms with Crippen LogP contribution in [0.25, 0.3) is 11.0 Å². The SMILES string of the molecule is O=C(NCCc1nc2ccccc2[nH]1)C1CCN(Cc2ccco2)CC1. The first-order chi connectivity index (χ1) is 12.8. The third kappa shape index (κ3) is 3.96. The van der Waals surface area contributed by atoms with Crippen LogP contribution in [0.5, 0.6) is 0 Å². The number of likely N-dealkylation sites (tertiary alicyclic amines) is 1. The van der Waals surface area contributed by atoms with E-state index in [9.17, 15) is 4.79 Å². The Morgan fingerprint density at radius 2 is 2.08 bits per heavy atom. The van der Waals surface area contributed by atoms with Crippen LogP contribution < -0.4 is 5.32 Å². The van der Waals surface area contributed by atoms with Gasteiger partial charge in [0.15, 0.2) is 0 Å². The molecular formula is C20H24N4O2. The predicted molar refractivity (Wildman–Crippen MR) is 99.5 cm³/mol. The number of imidazole rings is 1. The van der Waals surface area contributed by atoms with Gasteiger partial charge in [-0.1, -0.05) is 12.1 Å². The van der Waals surface area contributed by atoms with Crippen molar-refractivity contribution >= 4 is 16.9 Å². The van der Waals surface area contributed by atoms with Crippen molar-refractivity contribution in [3.8, 4) is 0 Å². The molecule has 1 aliphatic rings. The number of hydrogen-bond donors (Lipinski definition) is 2. The number of amides is 1. The molecule has 1 aromatic carbocycles. The third-order valence-corrected chi connectivity index (χ3v) is 5.02. The summed E-state index contributed by atoms with van der Waals surface area (Å²) in [5.41, 5.74) is 2.01. The summed E-state index contributed by atoms with van der Waals surface area (Å²) >= 11 is 0. The molecule has 6 heteroatoms. The molecule has 2 aromatic heterocycles. The molecule has 0 atom stereocenters. The number of nitrogens with one attached hydrogen (secondary N) is 2. The van der Waals surface area contributed by atoms with Gasteiger partial charge >= 0.3 is 0 Å². The average molecular weight is 352 g/mol. The minimum Gasteiger partial charge on any atom is -0.468 e. The van der Waals surface area contributed by atoms with Crippen molar-refractivity contribution in [1.29, 1.82) is 0 Å². The van der Waals surface area contributed by atoms with Gasteiger partial charge in [-0.2, -0.15) is 0 Å². The Hall–Kier alpha value is -2.60. The van der Waals surface area contributed by atoms with E-state index in [1.54, 1.807) is 6.26 Å². The van der Waals surface area contributed by atoms with E-state index in [0.717, 1.165) is 61.5 Å². The number of para-hydroxylation sites is 2. The van der Waals surface area contributed by atoms with E-state index < -0.39 is 0 Å². The number of aromatic nitrogens is 2. The van der Waals surface area contributed by atoms with Gasteiger partial charge in [0.2, 0.25) is 5.91 Å². The van der Waals surface area contributed by atoms with Gasteiger partial charge in [0.05, 0.1) is 23.8 Å². The number of rotatable bonds is 6. The fourth-order valence-electron chi connectivity index (χ4n) is 3.55. The van der Waals surface area contributed by atoms with Crippen LogP contribution in [0.4, 0.5) is 0 Å². The van der Waals surface area contributed by atoms with Gasteiger partial charge in [0, 0.05) is 18.9 Å². The molecule has 0 saturated carbocycles. The second-order valence-corrected chi connectivity index (χ2v) is 6.87. The van der Waals surface area contributed by atoms with Crippen molar-refractivity contribution in [2.45, 2.75) is 25.8 Å². The molecule has 2 N–H and O–H groups in total. The van der Waals surface area contributed by atoms with Crippen molar-refractivity contribution in [2.75, 3.05) is 19.6 Å². The molecule has 1 saturated heterocycles. The van der Waals surface area contributed by atoms with E-state index in [1.807, 2.05) is 36.4 Å². The maximum Gasteiger partial charge on any atom is 0.223 e. The summed E-state index contributed by atoms with van der Waals surface area (Å²) in [5.74, 6) is 2.18. The maximum atomic E-state index is 12.4. The molecule has 136 valence electrons. The molecule has 4 rings (SSSR count). The van der Waals surface area contributed by atoms with Gasteiger partial charge in [0.25, 0.3) is 0 Å². The first kappa shape index (κ1) is 16.8. The summed E-state index contributed by atoms with van der Waals surface area (Å²) < 4.78 is 5.40. The van der Waals surface area contributed by atoms with Crippen LogP contribution in [-0.4, -0.2) is 40.4 Å². The monoisotopic (exact) mass is 352 g/mol. The van der Waals surface area contributed by atoms with E-state index >= 15 is 0 Å². The summed E-state index contributed by atoms with van der Waals surface area (Å²) in [6.07, 6.45) is 4.23. The number of nitrogens with zero attached hydrogens (tertiary/aromatic N) is 2. The molecule has 1 fully saturated rings. The van der Waals surface area contributed by atoms with Crippen molar-refractivity contribution < 1.29 is 9.21 Å². The van der Waals surface area contributed by atoms with Crippen molar-refractivity contribution in [2.24, 2.45) is 5.92 Å². The summed E-state index contributed by atoms with van der Waals surface area (Å²) in [6, 6.07) is 11.9. The van der Waals surface area contributed by atoms with Gasteiger partial charge in [-0.05, 0) is 50.2 Å². The molecular weight excluding hydrogens is 328 g/mol. The van der Waals surface area contributed by atoms with Crippen LogP contribution in [0, 0.1) is 5.92 Å². The molecule has 1 aliphatic heterocycles. The molecule has 0 spiro atoms. The highest BCUT2D eigenvalue weighted by Gasteiger charge is 2.25. The van der Waals surface area contributed by atoms with E-state index in [4.69, 9.17) is 4.42 Å². The lowest BCUT2D eigenvalue weighted by molar-refractivity contribution is -0.126. The molecule has 0 unspecified atom stereocenters. The summed E-state index contributed by atoms with van der Waals surface area (Å²) in [4.78, 5) is 22.6. The number of benzene rings is 1. The molecule has 0 radical (unpaired) electrons. The molecule has 3 aromatic rings. The maximum absolute atomic E-state index is 12.4. The van der Waals surface area contributed by atoms with Gasteiger partial charge < -0.3 is 14.7 Å². The molecule has 6 nitrogen and oxygen atoms in total. The number of carbonyl (C=O) groups is 1. The van der Waals surface area contributed by atoms with Crippen LogP contribution in [0.1, 0.15) is 24.4 Å². The lowest BCUT2D eigenvalue weighted by Crippen LogP contribution is -2.40. The van der Waals surface area contributed by atoms with E-state index in [2.05, 4.69) is 20.2 Å². The largest absolute Gasteiger partial charge is 0.468 e. The molecule has 3 heterocycles. The normalized spacial score (nSPS) is 16.2. The Bertz CT molecular complexity index is 815. The Morgan fingerprint density at radius 3 is 2.85 bits per heavy atom. The van der Waals surface area contributed by atoms with E-state index in [-0.39, 0.29) is 11.8 Å². The zero-order chi connectivity index (χ0) is 17.8. The van der Waals surface area contributed by atoms with E-state index in [0.29, 0.717) is 6.54 Å². The highest BCUT2D eigenvalue weighted by Crippen LogP contribution is 2.19. The standard InChI is InChI=1S/C20H24N4O2/c25-20(15-8-11-24(12-9-15)14-16-4-3-13-26-16)21-10-7-19-22-17-5-1-2-6-18(17)23-19/h1-6,13,15H,7-12,14H2,(H,21,25)(H,22,23). The lowest BCUT2D eigenvalue weighted by Gasteiger charge is -2.30. The van der Waals surface area contributed by atoms with Crippen LogP contribution >= 0.6 is 0 Å². The fourth-order valence-corrected chi connectivity index (χ4v) is 3.55. The number of carbonyl (C=O) groups excluding carboxylic acids is 1. The van der Waals surface area contributed by atoms with Gasteiger partial charge in [0.1, 0.15) is 11.6 Å². The van der Waals surface area contributed by atoms with Crippen molar-refractivity contribution in [3.63, 3.8) is 0 Å². The second kappa shape index (κ2) is 7.74. The highest BCUT2D eigenvalue weighted by atomic mass is 16.3. The summed E-state index contributed by atoms with van der Waals surface area (Å²) in [7, 11) is 0. The quantitative estimate of drug-likeness (QED) is 0.715. The smallest absolute Gasteiger partial charge is 0.223 e. The van der Waals surface area contributed by atoms with Gasteiger partial charge in [-0.25, -0.2) is 4.98 Å². The zero-order valence-corrected chi connectivity index (χ0v) is 14.8. The first-order valence-corrected chi connectivity index (χ1v) is 9.24. The Kier molecular flexibility index (Phi) is 5.02. The predicted octanol–water partition coefficient (Wildman–Crippen LogP) is 2.73. The lowest BCUT2D eigenvalue weighted by atomic mass is 9.96. The number of H-pyrrole nitrogens is 1. The number of aromatic amines is 1. The average Bonchev–Trinajstić information content (AvgIpc) is 3.31. The number of fused-ring (bicyclic) bond motifs is 1. The Balaban J connectivity index is 1.20. The molecule has 26 heavy (non-hydrogen) atoms. The molecule has 1 amide bonds. The topological polar surface area (TPSA) is 74.2 Å². The van der Waals surface area contributed by atoms with Crippen LogP contribution in [-0.2, 0) is 17.8 Å². The first-order valence-electron chi connectivity index (χ1n) is 9.24. The Labute approximate surface area is 152 Å². The number of furan rings is 1. The molecule has 0 aliphatic carbocycles. The van der Waals surface area contributed by atoms with Crippen LogP contribution in [0.3, 0.4) is 0 Å². The van der Waals surface area contributed by atoms with Crippen LogP contribution in [0.15, 0.2) is 47.1 Å². The van der Waals surface area contributed by atoms with Crippen molar-refractivity contribution in [3.05, 3.63) is 54.2 Å². The van der Waals surface area contributed by atoms with Crippen molar-refractivity contribution in [1.82, 2.24) is 20.2 Å². The zero-order valence-electron chi connectivity index (χ0n) is 14.8. The third-order valence-electron chi connectivity index (χ3n) is 5.02. The van der Waals surface area contributed by atoms with Crippen LogP contribution in [0.2, 0.25) is 0 Å². The van der Waals surface area contributed by atoms with Gasteiger partial charge in [-0.15, -0.1) is 0 Å². The highest BCUT2D eigenvalue weighted by molar-refractivity contribution is 5.78.